The van der Waals surface area contributed by atoms with Crippen molar-refractivity contribution in [3.63, 3.8) is 0 Å². The summed E-state index contributed by atoms with van der Waals surface area (Å²) in [5.41, 5.74) is 3.41. The summed E-state index contributed by atoms with van der Waals surface area (Å²) in [5, 5.41) is 3.06. The van der Waals surface area contributed by atoms with Crippen molar-refractivity contribution in [2.45, 2.75) is 43.7 Å². The second-order valence-corrected chi connectivity index (χ2v) is 12.5. The maximum atomic E-state index is 14.0. The second-order valence-electron chi connectivity index (χ2n) is 10.7. The Kier molecular flexibility index (Phi) is 12.3. The first-order chi connectivity index (χ1) is 22.2. The number of hydrogen-bond donors (Lipinski definition) is 2. The molecular weight excluding hydrogens is 602 g/mol. The van der Waals surface area contributed by atoms with Crippen LogP contribution < -0.4 is 19.5 Å². The number of ether oxygens (including phenoxy) is 2. The van der Waals surface area contributed by atoms with E-state index >= 15 is 0 Å². The molecule has 0 spiro atoms. The van der Waals surface area contributed by atoms with Crippen molar-refractivity contribution in [3.8, 4) is 11.5 Å². The average molecular weight is 644 g/mol. The highest BCUT2D eigenvalue weighted by atomic mass is 32.2. The van der Waals surface area contributed by atoms with E-state index < -0.39 is 16.1 Å². The number of carbonyl (C=O) groups is 2. The molecule has 242 valence electrons. The molecule has 0 aromatic heterocycles. The van der Waals surface area contributed by atoms with Gasteiger partial charge in [0.25, 0.3) is 0 Å². The lowest BCUT2D eigenvalue weighted by atomic mass is 10.0. The van der Waals surface area contributed by atoms with Gasteiger partial charge in [-0.15, -0.1) is 0 Å². The molecular formula is C36H41N3O6S. The minimum absolute atomic E-state index is 0.123. The molecule has 4 aromatic rings. The molecule has 2 N–H and O–H groups in total. The first kappa shape index (κ1) is 34.2. The van der Waals surface area contributed by atoms with Crippen LogP contribution in [0.15, 0.2) is 108 Å². The number of carbonyl (C=O) groups excluding carboxylic acids is 2. The largest absolute Gasteiger partial charge is 0.497 e. The van der Waals surface area contributed by atoms with Gasteiger partial charge in [-0.2, -0.15) is 0 Å². The van der Waals surface area contributed by atoms with Crippen LogP contribution >= 0.6 is 0 Å². The molecule has 0 saturated carbocycles. The van der Waals surface area contributed by atoms with Gasteiger partial charge < -0.3 is 19.7 Å². The van der Waals surface area contributed by atoms with Gasteiger partial charge in [-0.3, -0.25) is 9.59 Å². The summed E-state index contributed by atoms with van der Waals surface area (Å²) in [4.78, 5) is 29.7. The van der Waals surface area contributed by atoms with Crippen LogP contribution in [-0.4, -0.2) is 52.4 Å². The van der Waals surface area contributed by atoms with Crippen LogP contribution in [0.5, 0.6) is 11.5 Å². The number of amides is 2. The Morgan fingerprint density at radius 1 is 0.739 bits per heavy atom. The van der Waals surface area contributed by atoms with Gasteiger partial charge in [0, 0.05) is 26.1 Å². The predicted molar refractivity (Wildman–Crippen MR) is 178 cm³/mol. The maximum Gasteiger partial charge on any atom is 0.247 e. The van der Waals surface area contributed by atoms with E-state index in [9.17, 15) is 18.0 Å². The Balaban J connectivity index is 1.56. The van der Waals surface area contributed by atoms with E-state index in [1.807, 2.05) is 78.9 Å². The van der Waals surface area contributed by atoms with Crippen LogP contribution in [0.1, 0.15) is 41.6 Å². The van der Waals surface area contributed by atoms with Crippen molar-refractivity contribution in [2.24, 2.45) is 0 Å². The lowest BCUT2D eigenvalue weighted by Gasteiger charge is -2.32. The van der Waals surface area contributed by atoms with Crippen LogP contribution in [0.2, 0.25) is 0 Å². The summed E-state index contributed by atoms with van der Waals surface area (Å²) in [7, 11) is -0.366. The number of nitrogens with zero attached hydrogens (tertiary/aromatic N) is 1. The summed E-state index contributed by atoms with van der Waals surface area (Å²) >= 11 is 0. The van der Waals surface area contributed by atoms with Gasteiger partial charge in [0.05, 0.1) is 19.1 Å². The third-order valence-electron chi connectivity index (χ3n) is 7.58. The summed E-state index contributed by atoms with van der Waals surface area (Å²) < 4.78 is 37.7. The molecule has 0 aliphatic carbocycles. The lowest BCUT2D eigenvalue weighted by molar-refractivity contribution is -0.141. The quantitative estimate of drug-likeness (QED) is 0.176. The number of nitrogens with one attached hydrogen (secondary N) is 2. The van der Waals surface area contributed by atoms with Crippen molar-refractivity contribution in [2.75, 3.05) is 27.3 Å². The lowest BCUT2D eigenvalue weighted by Crippen LogP contribution is -2.44. The zero-order valence-corrected chi connectivity index (χ0v) is 27.3. The molecule has 0 fully saturated rings. The highest BCUT2D eigenvalue weighted by Gasteiger charge is 2.31. The first-order valence-corrected chi connectivity index (χ1v) is 16.7. The minimum atomic E-state index is -3.58. The van der Waals surface area contributed by atoms with Crippen molar-refractivity contribution in [1.82, 2.24) is 14.9 Å². The molecule has 0 saturated heterocycles. The molecule has 4 aromatic carbocycles. The van der Waals surface area contributed by atoms with Crippen LogP contribution in [0.25, 0.3) is 0 Å². The van der Waals surface area contributed by atoms with Crippen molar-refractivity contribution in [1.29, 1.82) is 0 Å². The SMILES string of the molecule is CCNS(=O)(=O)c1ccc(CCC(=O)N(Cc2ccc(OC)cc2)[C@@H](C(=O)NCCc2ccc(OC)cc2)c2ccccc2)cc1. The monoisotopic (exact) mass is 643 g/mol. The zero-order valence-electron chi connectivity index (χ0n) is 26.4. The molecule has 1 atom stereocenters. The van der Waals surface area contributed by atoms with Crippen molar-refractivity contribution < 1.29 is 27.5 Å². The second kappa shape index (κ2) is 16.6. The van der Waals surface area contributed by atoms with Gasteiger partial charge in [-0.1, -0.05) is 73.7 Å². The van der Waals surface area contributed by atoms with Gasteiger partial charge in [-0.05, 0) is 71.5 Å². The molecule has 46 heavy (non-hydrogen) atoms. The molecule has 0 aliphatic heterocycles. The van der Waals surface area contributed by atoms with Crippen LogP contribution in [0, 0.1) is 0 Å². The van der Waals surface area contributed by atoms with Crippen molar-refractivity contribution in [3.05, 3.63) is 125 Å². The van der Waals surface area contributed by atoms with E-state index in [4.69, 9.17) is 9.47 Å². The standard InChI is InChI=1S/C36H41N3O6S/c1-4-38-46(42,43)33-21-14-27(15-22-33)16-23-34(40)39(26-29-12-19-32(45-3)20-13-29)35(30-8-6-5-7-9-30)36(41)37-25-24-28-10-17-31(44-2)18-11-28/h5-15,17-22,35,38H,4,16,23-26H2,1-3H3,(H,37,41)/t35-/m1/s1. The van der Waals surface area contributed by atoms with Crippen molar-refractivity contribution >= 4 is 21.8 Å². The fourth-order valence-corrected chi connectivity index (χ4v) is 6.12. The fourth-order valence-electron chi connectivity index (χ4n) is 5.08. The third kappa shape index (κ3) is 9.42. The average Bonchev–Trinajstić information content (AvgIpc) is 3.08. The van der Waals surface area contributed by atoms with Gasteiger partial charge >= 0.3 is 0 Å². The van der Waals surface area contributed by atoms with Gasteiger partial charge in [0.1, 0.15) is 17.5 Å². The zero-order chi connectivity index (χ0) is 32.9. The molecule has 0 aliphatic rings. The van der Waals surface area contributed by atoms with Gasteiger partial charge in [0.15, 0.2) is 0 Å². The smallest absolute Gasteiger partial charge is 0.247 e. The number of rotatable bonds is 16. The van der Waals surface area contributed by atoms with Crippen LogP contribution in [0.3, 0.4) is 0 Å². The van der Waals surface area contributed by atoms with E-state index in [1.165, 1.54) is 12.1 Å². The van der Waals surface area contributed by atoms with Gasteiger partial charge in [-0.25, -0.2) is 13.1 Å². The number of aryl methyl sites for hydroxylation is 1. The van der Waals surface area contributed by atoms with Crippen LogP contribution in [-0.2, 0) is 39.0 Å². The summed E-state index contributed by atoms with van der Waals surface area (Å²) in [5.74, 6) is 0.968. The summed E-state index contributed by atoms with van der Waals surface area (Å²) in [6.45, 7) is 2.61. The normalized spacial score (nSPS) is 11.8. The van der Waals surface area contributed by atoms with E-state index in [1.54, 1.807) is 38.2 Å². The number of benzene rings is 4. The van der Waals surface area contributed by atoms with Crippen LogP contribution in [0.4, 0.5) is 0 Å². The topological polar surface area (TPSA) is 114 Å². The molecule has 0 radical (unpaired) electrons. The number of methoxy groups -OCH3 is 2. The molecule has 4 rings (SSSR count). The molecule has 2 amide bonds. The summed E-state index contributed by atoms with van der Waals surface area (Å²) in [6, 6.07) is 30.0. The Morgan fingerprint density at radius 3 is 1.85 bits per heavy atom. The van der Waals surface area contributed by atoms with E-state index in [-0.39, 0.29) is 29.7 Å². The highest BCUT2D eigenvalue weighted by molar-refractivity contribution is 7.89. The molecule has 0 heterocycles. The number of hydrogen-bond acceptors (Lipinski definition) is 6. The summed E-state index contributed by atoms with van der Waals surface area (Å²) in [6.07, 6.45) is 1.11. The Morgan fingerprint density at radius 2 is 1.28 bits per heavy atom. The Bertz CT molecular complexity index is 1660. The molecule has 9 nitrogen and oxygen atoms in total. The van der Waals surface area contributed by atoms with E-state index in [2.05, 4.69) is 10.0 Å². The maximum absolute atomic E-state index is 14.0. The molecule has 0 bridgehead atoms. The van der Waals surface area contributed by atoms with E-state index in [0.29, 0.717) is 37.2 Å². The van der Waals surface area contributed by atoms with E-state index in [0.717, 1.165) is 22.4 Å². The Labute approximate surface area is 271 Å². The number of sulfonamides is 1. The fraction of sp³-hybridized carbons (Fsp3) is 0.278. The van der Waals surface area contributed by atoms with Gasteiger partial charge in [0.2, 0.25) is 21.8 Å². The Hall–Kier alpha value is -4.67. The molecule has 0 unspecified atom stereocenters. The first-order valence-electron chi connectivity index (χ1n) is 15.2. The highest BCUT2D eigenvalue weighted by Crippen LogP contribution is 2.26. The minimum Gasteiger partial charge on any atom is -0.497 e. The molecule has 10 heteroatoms. The third-order valence-corrected chi connectivity index (χ3v) is 9.14. The predicted octanol–water partition coefficient (Wildman–Crippen LogP) is 5.06.